The first kappa shape index (κ1) is 21.8. The number of aromatic nitrogens is 2. The number of ether oxygens (including phenoxy) is 1. The summed E-state index contributed by atoms with van der Waals surface area (Å²) in [5.74, 6) is -0.374. The van der Waals surface area contributed by atoms with Crippen molar-refractivity contribution in [3.05, 3.63) is 94.4 Å². The number of nitrogens with zero attached hydrogens (tertiary/aromatic N) is 2. The largest absolute Gasteiger partial charge is 0.452 e. The number of nitrogens with one attached hydrogen (secondary N) is 1. The molecule has 4 rings (SSSR count). The Labute approximate surface area is 194 Å². The fourth-order valence-electron chi connectivity index (χ4n) is 3.27. The fourth-order valence-corrected chi connectivity index (χ4v) is 4.67. The number of thiophene rings is 1. The molecule has 1 N–H and O–H groups in total. The van der Waals surface area contributed by atoms with Crippen molar-refractivity contribution < 1.29 is 14.3 Å². The van der Waals surface area contributed by atoms with Crippen LogP contribution in [0.4, 0.5) is 0 Å². The molecule has 6 nitrogen and oxygen atoms in total. The lowest BCUT2D eigenvalue weighted by molar-refractivity contribution is -0.143. The molecular weight excluding hydrogens is 446 g/mol. The lowest BCUT2D eigenvalue weighted by Crippen LogP contribution is -2.34. The molecule has 0 aliphatic heterocycles. The molecule has 8 heteroatoms. The molecule has 0 aliphatic rings. The van der Waals surface area contributed by atoms with Gasteiger partial charge in [0, 0.05) is 40.5 Å². The van der Waals surface area contributed by atoms with Crippen LogP contribution in [0.5, 0.6) is 0 Å². The summed E-state index contributed by atoms with van der Waals surface area (Å²) >= 11 is 7.86. The van der Waals surface area contributed by atoms with Gasteiger partial charge in [-0.3, -0.25) is 4.79 Å². The van der Waals surface area contributed by atoms with Crippen LogP contribution in [0.15, 0.2) is 73.1 Å². The van der Waals surface area contributed by atoms with Crippen LogP contribution in [-0.2, 0) is 21.4 Å². The molecule has 32 heavy (non-hydrogen) atoms. The maximum atomic E-state index is 12.5. The van der Waals surface area contributed by atoms with Crippen LogP contribution in [0.2, 0.25) is 5.02 Å². The highest BCUT2D eigenvalue weighted by Gasteiger charge is 2.21. The van der Waals surface area contributed by atoms with E-state index in [1.54, 1.807) is 18.5 Å². The number of fused-ring (bicyclic) bond motifs is 1. The Bertz CT molecular complexity index is 1280. The van der Waals surface area contributed by atoms with Crippen molar-refractivity contribution in [2.45, 2.75) is 6.04 Å². The Balaban J connectivity index is 1.39. The molecule has 1 amide bonds. The zero-order valence-corrected chi connectivity index (χ0v) is 18.8. The summed E-state index contributed by atoms with van der Waals surface area (Å²) in [6, 6.07) is 16.8. The van der Waals surface area contributed by atoms with Crippen LogP contribution in [0, 0.1) is 0 Å². The van der Waals surface area contributed by atoms with Gasteiger partial charge in [0.2, 0.25) is 0 Å². The molecule has 1 atom stereocenters. The van der Waals surface area contributed by atoms with E-state index in [1.807, 2.05) is 66.2 Å². The molecule has 0 saturated heterocycles. The topological polar surface area (TPSA) is 73.2 Å². The second-order valence-corrected chi connectivity index (χ2v) is 8.49. The first-order chi connectivity index (χ1) is 15.5. The summed E-state index contributed by atoms with van der Waals surface area (Å²) in [5, 5.41) is 4.42. The number of hydrogen-bond acceptors (Lipinski definition) is 5. The summed E-state index contributed by atoms with van der Waals surface area (Å²) in [5.41, 5.74) is 0.876. The van der Waals surface area contributed by atoms with E-state index in [0.717, 1.165) is 20.5 Å². The number of carbonyl (C=O) groups excluding carboxylic acids is 2. The molecule has 0 spiro atoms. The van der Waals surface area contributed by atoms with E-state index in [9.17, 15) is 9.59 Å². The molecule has 2 aromatic carbocycles. The van der Waals surface area contributed by atoms with Gasteiger partial charge in [-0.05, 0) is 17.7 Å². The van der Waals surface area contributed by atoms with Crippen molar-refractivity contribution >= 4 is 51.0 Å². The Morgan fingerprint density at radius 2 is 1.94 bits per heavy atom. The lowest BCUT2D eigenvalue weighted by Gasteiger charge is -2.19. The summed E-state index contributed by atoms with van der Waals surface area (Å²) < 4.78 is 7.99. The second kappa shape index (κ2) is 9.80. The molecule has 0 radical (unpaired) electrons. The molecule has 2 heterocycles. The normalized spacial score (nSPS) is 12.2. The quantitative estimate of drug-likeness (QED) is 0.316. The number of aryl methyl sites for hydroxylation is 1. The number of imidazole rings is 1. The van der Waals surface area contributed by atoms with E-state index >= 15 is 0 Å². The van der Waals surface area contributed by atoms with E-state index < -0.39 is 24.5 Å². The molecule has 2 aromatic heterocycles. The van der Waals surface area contributed by atoms with E-state index in [1.165, 1.54) is 17.4 Å². The van der Waals surface area contributed by atoms with Gasteiger partial charge < -0.3 is 14.6 Å². The summed E-state index contributed by atoms with van der Waals surface area (Å²) in [6.07, 6.45) is 6.36. The van der Waals surface area contributed by atoms with E-state index in [-0.39, 0.29) is 0 Å². The number of carbonyl (C=O) groups is 2. The first-order valence-corrected chi connectivity index (χ1v) is 11.1. The Morgan fingerprint density at radius 1 is 1.19 bits per heavy atom. The van der Waals surface area contributed by atoms with Gasteiger partial charge >= 0.3 is 5.97 Å². The molecule has 1 unspecified atom stereocenters. The van der Waals surface area contributed by atoms with E-state index in [2.05, 4.69) is 10.3 Å². The van der Waals surface area contributed by atoms with Gasteiger partial charge in [-0.2, -0.15) is 0 Å². The van der Waals surface area contributed by atoms with Crippen molar-refractivity contribution in [3.8, 4) is 0 Å². The maximum Gasteiger partial charge on any atom is 0.331 e. The van der Waals surface area contributed by atoms with Gasteiger partial charge in [0.1, 0.15) is 11.9 Å². The third-order valence-electron chi connectivity index (χ3n) is 4.83. The van der Waals surface area contributed by atoms with Crippen LogP contribution in [0.25, 0.3) is 16.2 Å². The van der Waals surface area contributed by atoms with Crippen molar-refractivity contribution in [3.63, 3.8) is 0 Å². The molecule has 0 fully saturated rings. The van der Waals surface area contributed by atoms with Crippen LogP contribution in [0.1, 0.15) is 22.3 Å². The fraction of sp³-hybridized carbons (Fsp3) is 0.125. The molecule has 0 bridgehead atoms. The molecule has 0 aliphatic carbocycles. The van der Waals surface area contributed by atoms with Crippen molar-refractivity contribution in [1.29, 1.82) is 0 Å². The van der Waals surface area contributed by atoms with Crippen LogP contribution < -0.4 is 5.32 Å². The van der Waals surface area contributed by atoms with Gasteiger partial charge in [-0.15, -0.1) is 11.3 Å². The van der Waals surface area contributed by atoms with Gasteiger partial charge in [-0.25, -0.2) is 9.78 Å². The Kier molecular flexibility index (Phi) is 6.68. The van der Waals surface area contributed by atoms with Crippen LogP contribution in [-0.4, -0.2) is 28.0 Å². The number of rotatable bonds is 7. The Hall–Kier alpha value is -3.42. The highest BCUT2D eigenvalue weighted by Crippen LogP contribution is 2.35. The third-order valence-corrected chi connectivity index (χ3v) is 6.49. The van der Waals surface area contributed by atoms with Crippen molar-refractivity contribution in [1.82, 2.24) is 14.9 Å². The van der Waals surface area contributed by atoms with Gasteiger partial charge in [0.15, 0.2) is 6.61 Å². The summed E-state index contributed by atoms with van der Waals surface area (Å²) in [4.78, 5) is 29.8. The first-order valence-electron chi connectivity index (χ1n) is 9.86. The predicted molar refractivity (Wildman–Crippen MR) is 126 cm³/mol. The monoisotopic (exact) mass is 465 g/mol. The van der Waals surface area contributed by atoms with Crippen molar-refractivity contribution in [2.75, 3.05) is 6.61 Å². The summed E-state index contributed by atoms with van der Waals surface area (Å²) in [7, 11) is 1.86. The van der Waals surface area contributed by atoms with Crippen LogP contribution in [0.3, 0.4) is 0 Å². The number of esters is 1. The number of benzene rings is 2. The SMILES string of the molecule is Cn1ccnc1C(NC(=O)COC(=O)/C=C/c1sc2ccccc2c1Cl)c1ccccc1. The highest BCUT2D eigenvalue weighted by molar-refractivity contribution is 7.20. The molecule has 0 saturated carbocycles. The predicted octanol–water partition coefficient (Wildman–Crippen LogP) is 4.75. The molecule has 4 aromatic rings. The second-order valence-electron chi connectivity index (χ2n) is 7.03. The highest BCUT2D eigenvalue weighted by atomic mass is 35.5. The third kappa shape index (κ3) is 4.90. The van der Waals surface area contributed by atoms with Gasteiger partial charge in [-0.1, -0.05) is 60.1 Å². The summed E-state index contributed by atoms with van der Waals surface area (Å²) in [6.45, 7) is -0.406. The molecular formula is C24H20ClN3O3S. The zero-order chi connectivity index (χ0) is 22.5. The minimum Gasteiger partial charge on any atom is -0.452 e. The maximum absolute atomic E-state index is 12.5. The van der Waals surface area contributed by atoms with Gasteiger partial charge in [0.05, 0.1) is 5.02 Å². The number of halogens is 1. The van der Waals surface area contributed by atoms with Crippen molar-refractivity contribution in [2.24, 2.45) is 7.05 Å². The van der Waals surface area contributed by atoms with Gasteiger partial charge in [0.25, 0.3) is 5.91 Å². The zero-order valence-electron chi connectivity index (χ0n) is 17.2. The standard InChI is InChI=1S/C24H20ClN3O3S/c1-28-14-13-26-24(28)23(16-7-3-2-4-8-16)27-20(29)15-31-21(30)12-11-19-22(25)17-9-5-6-10-18(17)32-19/h2-14,23H,15H2,1H3,(H,27,29)/b12-11+. The minimum absolute atomic E-state index is 0.406. The van der Waals surface area contributed by atoms with Crippen LogP contribution >= 0.6 is 22.9 Å². The Morgan fingerprint density at radius 3 is 2.66 bits per heavy atom. The van der Waals surface area contributed by atoms with E-state index in [4.69, 9.17) is 16.3 Å². The average Bonchev–Trinajstić information content (AvgIpc) is 3.38. The average molecular weight is 466 g/mol. The van der Waals surface area contributed by atoms with E-state index in [0.29, 0.717) is 10.8 Å². The molecule has 162 valence electrons. The number of hydrogen-bond donors (Lipinski definition) is 1. The lowest BCUT2D eigenvalue weighted by atomic mass is 10.1. The number of amides is 1. The minimum atomic E-state index is -0.623. The smallest absolute Gasteiger partial charge is 0.331 e.